The van der Waals surface area contributed by atoms with Gasteiger partial charge in [-0.25, -0.2) is 0 Å². The predicted molar refractivity (Wildman–Crippen MR) is 70.9 cm³/mol. The van der Waals surface area contributed by atoms with E-state index in [-0.39, 0.29) is 15.7 Å². The van der Waals surface area contributed by atoms with Gasteiger partial charge in [0.15, 0.2) is 5.52 Å². The van der Waals surface area contributed by atoms with Crippen LogP contribution in [-0.4, -0.2) is 15.8 Å². The van der Waals surface area contributed by atoms with E-state index in [1.54, 1.807) is 0 Å². The number of carbonyl (C=O) groups excluding carboxylic acids is 1. The lowest BCUT2D eigenvalue weighted by Crippen LogP contribution is -2.34. The van der Waals surface area contributed by atoms with Crippen molar-refractivity contribution in [2.24, 2.45) is 5.41 Å². The molecule has 15 heavy (non-hydrogen) atoms. The SMILES string of the molecule is CC(C)(C)C(=O)P(C(C)(C)C)C(C)(C)C. The number of carbonyl (C=O) groups is 1. The van der Waals surface area contributed by atoms with Gasteiger partial charge in [0.05, 0.1) is 0 Å². The molecule has 0 saturated heterocycles. The highest BCUT2D eigenvalue weighted by Crippen LogP contribution is 2.62. The highest BCUT2D eigenvalue weighted by atomic mass is 31.1. The van der Waals surface area contributed by atoms with Crippen LogP contribution in [0.15, 0.2) is 0 Å². The normalized spacial score (nSPS) is 14.5. The molecule has 0 fully saturated rings. The van der Waals surface area contributed by atoms with E-state index < -0.39 is 7.92 Å². The third-order valence-corrected chi connectivity index (χ3v) is 5.95. The van der Waals surface area contributed by atoms with E-state index in [1.807, 2.05) is 20.8 Å². The molecule has 0 bridgehead atoms. The molecule has 0 spiro atoms. The zero-order valence-corrected chi connectivity index (χ0v) is 12.7. The van der Waals surface area contributed by atoms with Crippen LogP contribution in [-0.2, 0) is 4.79 Å². The van der Waals surface area contributed by atoms with Crippen LogP contribution in [0, 0.1) is 5.41 Å². The molecule has 2 heteroatoms. The molecule has 0 aromatic rings. The first kappa shape index (κ1) is 15.1. The number of rotatable bonds is 1. The van der Waals surface area contributed by atoms with Crippen molar-refractivity contribution in [2.45, 2.75) is 72.6 Å². The summed E-state index contributed by atoms with van der Waals surface area (Å²) < 4.78 is 0. The number of hydrogen-bond acceptors (Lipinski definition) is 1. The summed E-state index contributed by atoms with van der Waals surface area (Å²) in [5.74, 6) is 0. The van der Waals surface area contributed by atoms with Gasteiger partial charge in [-0.2, -0.15) is 0 Å². The molecule has 0 atom stereocenters. The van der Waals surface area contributed by atoms with Crippen molar-refractivity contribution in [1.82, 2.24) is 0 Å². The van der Waals surface area contributed by atoms with E-state index in [9.17, 15) is 4.79 Å². The minimum atomic E-state index is -0.631. The lowest BCUT2D eigenvalue weighted by atomic mass is 9.99. The van der Waals surface area contributed by atoms with Gasteiger partial charge in [-0.1, -0.05) is 62.3 Å². The van der Waals surface area contributed by atoms with Crippen LogP contribution in [0.4, 0.5) is 0 Å². The van der Waals surface area contributed by atoms with Crippen LogP contribution in [0.3, 0.4) is 0 Å². The zero-order valence-electron chi connectivity index (χ0n) is 11.9. The Morgan fingerprint density at radius 3 is 1.07 bits per heavy atom. The molecule has 0 amide bonds. The standard InChI is InChI=1S/C13H27OP/c1-11(2,3)10(14)15(12(4,5)6)13(7,8)9/h1-9H3. The Bertz CT molecular complexity index is 221. The fourth-order valence-corrected chi connectivity index (χ4v) is 5.85. The van der Waals surface area contributed by atoms with Gasteiger partial charge in [-0.15, -0.1) is 0 Å². The van der Waals surface area contributed by atoms with Gasteiger partial charge < -0.3 is 0 Å². The maximum absolute atomic E-state index is 12.5. The summed E-state index contributed by atoms with van der Waals surface area (Å²) in [6.45, 7) is 19.2. The Morgan fingerprint density at radius 1 is 0.733 bits per heavy atom. The van der Waals surface area contributed by atoms with Crippen LogP contribution in [0.1, 0.15) is 62.3 Å². The molecular formula is C13H27OP. The molecule has 0 aliphatic carbocycles. The summed E-state index contributed by atoms with van der Waals surface area (Å²) in [7, 11) is -0.631. The maximum atomic E-state index is 12.5. The molecule has 0 rings (SSSR count). The van der Waals surface area contributed by atoms with Crippen LogP contribution in [0.25, 0.3) is 0 Å². The van der Waals surface area contributed by atoms with Gasteiger partial charge >= 0.3 is 0 Å². The summed E-state index contributed by atoms with van der Waals surface area (Å²) in [5.41, 5.74) is 0.226. The summed E-state index contributed by atoms with van der Waals surface area (Å²) in [6, 6.07) is 0. The molecule has 0 aliphatic heterocycles. The van der Waals surface area contributed by atoms with Gasteiger partial charge in [-0.3, -0.25) is 4.79 Å². The Morgan fingerprint density at radius 2 is 1.00 bits per heavy atom. The quantitative estimate of drug-likeness (QED) is 0.600. The smallest absolute Gasteiger partial charge is 0.160 e. The lowest BCUT2D eigenvalue weighted by Gasteiger charge is -2.42. The van der Waals surface area contributed by atoms with Gasteiger partial charge in [0, 0.05) is 5.41 Å². The molecule has 0 unspecified atom stereocenters. The average Bonchev–Trinajstić information content (AvgIpc) is 1.76. The second kappa shape index (κ2) is 4.17. The molecule has 0 radical (unpaired) electrons. The molecular weight excluding hydrogens is 203 g/mol. The van der Waals surface area contributed by atoms with Crippen molar-refractivity contribution in [1.29, 1.82) is 0 Å². The van der Waals surface area contributed by atoms with Gasteiger partial charge in [0.25, 0.3) is 0 Å². The van der Waals surface area contributed by atoms with Crippen molar-refractivity contribution < 1.29 is 4.79 Å². The largest absolute Gasteiger partial charge is 0.294 e. The topological polar surface area (TPSA) is 17.1 Å². The fourth-order valence-electron chi connectivity index (χ4n) is 1.95. The van der Waals surface area contributed by atoms with Gasteiger partial charge in [-0.05, 0) is 18.2 Å². The predicted octanol–water partition coefficient (Wildman–Crippen LogP) is 4.64. The first-order chi connectivity index (χ1) is 6.28. The average molecular weight is 230 g/mol. The molecule has 0 aromatic heterocycles. The van der Waals surface area contributed by atoms with Crippen molar-refractivity contribution in [3.8, 4) is 0 Å². The van der Waals surface area contributed by atoms with Crippen LogP contribution < -0.4 is 0 Å². The fraction of sp³-hybridized carbons (Fsp3) is 0.923. The highest BCUT2D eigenvalue weighted by molar-refractivity contribution is 7.77. The molecule has 0 saturated carbocycles. The van der Waals surface area contributed by atoms with E-state index in [1.165, 1.54) is 0 Å². The van der Waals surface area contributed by atoms with E-state index in [0.717, 1.165) is 0 Å². The molecule has 90 valence electrons. The first-order valence-electron chi connectivity index (χ1n) is 5.62. The van der Waals surface area contributed by atoms with E-state index in [4.69, 9.17) is 0 Å². The van der Waals surface area contributed by atoms with Crippen molar-refractivity contribution in [3.05, 3.63) is 0 Å². The number of hydrogen-bond donors (Lipinski definition) is 0. The van der Waals surface area contributed by atoms with Crippen molar-refractivity contribution in [3.63, 3.8) is 0 Å². The molecule has 0 aliphatic rings. The van der Waals surface area contributed by atoms with Crippen molar-refractivity contribution >= 4 is 13.4 Å². The second-order valence-electron chi connectivity index (χ2n) is 7.23. The summed E-state index contributed by atoms with van der Waals surface area (Å²) in [4.78, 5) is 12.5. The lowest BCUT2D eigenvalue weighted by molar-refractivity contribution is -0.118. The minimum absolute atomic E-state index is 0.0952. The second-order valence-corrected chi connectivity index (χ2v) is 11.0. The summed E-state index contributed by atoms with van der Waals surface area (Å²) in [6.07, 6.45) is 0. The Hall–Kier alpha value is 0.100. The van der Waals surface area contributed by atoms with Crippen LogP contribution in [0.5, 0.6) is 0 Å². The summed E-state index contributed by atoms with van der Waals surface area (Å²) >= 11 is 0. The third-order valence-electron chi connectivity index (χ3n) is 2.19. The van der Waals surface area contributed by atoms with E-state index >= 15 is 0 Å². The van der Waals surface area contributed by atoms with Crippen molar-refractivity contribution in [2.75, 3.05) is 0 Å². The van der Waals surface area contributed by atoms with Crippen LogP contribution >= 0.6 is 7.92 Å². The third kappa shape index (κ3) is 4.23. The van der Waals surface area contributed by atoms with Gasteiger partial charge in [0.1, 0.15) is 0 Å². The van der Waals surface area contributed by atoms with Gasteiger partial charge in [0.2, 0.25) is 0 Å². The summed E-state index contributed by atoms with van der Waals surface area (Å²) in [5, 5.41) is 0.190. The molecule has 0 aromatic carbocycles. The Labute approximate surface area is 96.8 Å². The zero-order chi connectivity index (χ0) is 12.7. The van der Waals surface area contributed by atoms with Crippen LogP contribution in [0.2, 0.25) is 0 Å². The Kier molecular flexibility index (Phi) is 4.19. The minimum Gasteiger partial charge on any atom is -0.294 e. The first-order valence-corrected chi connectivity index (χ1v) is 6.97. The Balaban J connectivity index is 5.26. The molecule has 0 heterocycles. The van der Waals surface area contributed by atoms with E-state index in [0.29, 0.717) is 5.52 Å². The monoisotopic (exact) mass is 230 g/mol. The molecule has 1 nitrogen and oxygen atoms in total. The highest BCUT2D eigenvalue weighted by Gasteiger charge is 2.43. The van der Waals surface area contributed by atoms with E-state index in [2.05, 4.69) is 41.5 Å². The maximum Gasteiger partial charge on any atom is 0.160 e. The molecule has 0 N–H and O–H groups in total.